The maximum Gasteiger partial charge on any atom is 0.327 e. The van der Waals surface area contributed by atoms with Gasteiger partial charge in [-0.3, -0.25) is 5.32 Å². The summed E-state index contributed by atoms with van der Waals surface area (Å²) in [6.45, 7) is 8.32. The zero-order chi connectivity index (χ0) is 12.0. The molecule has 0 aliphatic carbocycles. The molecule has 1 heterocycles. The average Bonchev–Trinajstić information content (AvgIpc) is 2.27. The number of hydrogen-bond acceptors (Lipinski definition) is 4. The van der Waals surface area contributed by atoms with Crippen LogP contribution in [-0.2, 0) is 9.53 Å². The van der Waals surface area contributed by atoms with E-state index in [0.717, 1.165) is 19.4 Å². The molecule has 92 valence electrons. The first-order valence-corrected chi connectivity index (χ1v) is 5.86. The standard InChI is InChI=1S/C12H22N2O2/c1-4-8-13-12(11(15)16-5-2)7-6-9-14(3)10-12/h4,13H,1,5-10H2,2-3H3. The van der Waals surface area contributed by atoms with Crippen LogP contribution in [0.25, 0.3) is 0 Å². The molecule has 0 amide bonds. The lowest BCUT2D eigenvalue weighted by molar-refractivity contribution is -0.153. The van der Waals surface area contributed by atoms with Gasteiger partial charge in [-0.05, 0) is 33.4 Å². The van der Waals surface area contributed by atoms with Crippen LogP contribution in [0, 0.1) is 0 Å². The van der Waals surface area contributed by atoms with Gasteiger partial charge in [0.1, 0.15) is 5.54 Å². The molecule has 1 fully saturated rings. The van der Waals surface area contributed by atoms with E-state index in [0.29, 0.717) is 19.7 Å². The Kier molecular flexibility index (Phi) is 4.96. The largest absolute Gasteiger partial charge is 0.465 e. The van der Waals surface area contributed by atoms with E-state index in [4.69, 9.17) is 4.74 Å². The summed E-state index contributed by atoms with van der Waals surface area (Å²) in [5, 5.41) is 3.27. The van der Waals surface area contributed by atoms with Gasteiger partial charge in [0.15, 0.2) is 0 Å². The number of ether oxygens (including phenoxy) is 1. The molecule has 16 heavy (non-hydrogen) atoms. The van der Waals surface area contributed by atoms with Crippen LogP contribution in [0.5, 0.6) is 0 Å². The highest BCUT2D eigenvalue weighted by Gasteiger charge is 2.41. The Morgan fingerprint density at radius 3 is 3.00 bits per heavy atom. The molecular formula is C12H22N2O2. The lowest BCUT2D eigenvalue weighted by atomic mass is 9.89. The van der Waals surface area contributed by atoms with Crippen LogP contribution in [0.15, 0.2) is 12.7 Å². The summed E-state index contributed by atoms with van der Waals surface area (Å²) in [4.78, 5) is 14.2. The quantitative estimate of drug-likeness (QED) is 0.556. The molecule has 4 heteroatoms. The van der Waals surface area contributed by atoms with Crippen LogP contribution in [0.1, 0.15) is 19.8 Å². The fourth-order valence-corrected chi connectivity index (χ4v) is 2.19. The summed E-state index contributed by atoms with van der Waals surface area (Å²) in [5.74, 6) is -0.136. The molecule has 1 unspecified atom stereocenters. The van der Waals surface area contributed by atoms with Gasteiger partial charge in [-0.2, -0.15) is 0 Å². The lowest BCUT2D eigenvalue weighted by Gasteiger charge is -2.39. The summed E-state index contributed by atoms with van der Waals surface area (Å²) in [7, 11) is 2.03. The summed E-state index contributed by atoms with van der Waals surface area (Å²) in [6, 6.07) is 0. The van der Waals surface area contributed by atoms with E-state index in [-0.39, 0.29) is 5.97 Å². The molecule has 1 atom stereocenters. The van der Waals surface area contributed by atoms with Crippen molar-refractivity contribution in [2.24, 2.45) is 0 Å². The number of nitrogens with one attached hydrogen (secondary N) is 1. The van der Waals surface area contributed by atoms with Crippen molar-refractivity contribution in [3.63, 3.8) is 0 Å². The zero-order valence-electron chi connectivity index (χ0n) is 10.3. The smallest absolute Gasteiger partial charge is 0.327 e. The third-order valence-electron chi connectivity index (χ3n) is 2.93. The van der Waals surface area contributed by atoms with Crippen molar-refractivity contribution in [2.75, 3.05) is 33.3 Å². The minimum absolute atomic E-state index is 0.136. The average molecular weight is 226 g/mol. The molecule has 1 aliphatic heterocycles. The molecule has 0 aromatic rings. The summed E-state index contributed by atoms with van der Waals surface area (Å²) >= 11 is 0. The predicted octanol–water partition coefficient (Wildman–Crippen LogP) is 0.789. The van der Waals surface area contributed by atoms with Gasteiger partial charge in [0, 0.05) is 13.1 Å². The Labute approximate surface area is 97.6 Å². The molecule has 0 aromatic carbocycles. The Hall–Kier alpha value is -0.870. The van der Waals surface area contributed by atoms with E-state index >= 15 is 0 Å². The second-order valence-electron chi connectivity index (χ2n) is 4.31. The number of carbonyl (C=O) groups excluding carboxylic acids is 1. The van der Waals surface area contributed by atoms with Crippen molar-refractivity contribution in [3.05, 3.63) is 12.7 Å². The topological polar surface area (TPSA) is 41.6 Å². The van der Waals surface area contributed by atoms with Crippen LogP contribution >= 0.6 is 0 Å². The normalized spacial score (nSPS) is 26.4. The molecule has 1 aliphatic rings. The molecule has 0 bridgehead atoms. The van der Waals surface area contributed by atoms with Crippen molar-refractivity contribution in [3.8, 4) is 0 Å². The van der Waals surface area contributed by atoms with Gasteiger partial charge in [0.05, 0.1) is 6.61 Å². The summed E-state index contributed by atoms with van der Waals surface area (Å²) in [5.41, 5.74) is -0.544. The first-order valence-electron chi connectivity index (χ1n) is 5.86. The van der Waals surface area contributed by atoms with Gasteiger partial charge in [0.25, 0.3) is 0 Å². The van der Waals surface area contributed by atoms with E-state index < -0.39 is 5.54 Å². The molecule has 1 rings (SSSR count). The van der Waals surface area contributed by atoms with Gasteiger partial charge < -0.3 is 9.64 Å². The molecule has 0 spiro atoms. The van der Waals surface area contributed by atoms with E-state index in [9.17, 15) is 4.79 Å². The van der Waals surface area contributed by atoms with Crippen LogP contribution in [0.3, 0.4) is 0 Å². The number of nitrogens with zero attached hydrogens (tertiary/aromatic N) is 1. The Morgan fingerprint density at radius 1 is 1.69 bits per heavy atom. The molecule has 0 saturated carbocycles. The molecule has 1 saturated heterocycles. The second kappa shape index (κ2) is 6.01. The minimum Gasteiger partial charge on any atom is -0.465 e. The number of likely N-dealkylation sites (N-methyl/N-ethyl adjacent to an activating group) is 1. The van der Waals surface area contributed by atoms with Gasteiger partial charge in [-0.1, -0.05) is 6.08 Å². The number of piperidine rings is 1. The monoisotopic (exact) mass is 226 g/mol. The SMILES string of the molecule is C=CCNC1(C(=O)OCC)CCCN(C)C1. The van der Waals surface area contributed by atoms with Crippen molar-refractivity contribution in [1.29, 1.82) is 0 Å². The maximum absolute atomic E-state index is 12.0. The van der Waals surface area contributed by atoms with Crippen LogP contribution < -0.4 is 5.32 Å². The van der Waals surface area contributed by atoms with E-state index in [1.807, 2.05) is 14.0 Å². The van der Waals surface area contributed by atoms with Gasteiger partial charge in [-0.25, -0.2) is 4.79 Å². The zero-order valence-corrected chi connectivity index (χ0v) is 10.3. The van der Waals surface area contributed by atoms with Crippen molar-refractivity contribution < 1.29 is 9.53 Å². The number of esters is 1. The first-order chi connectivity index (χ1) is 7.64. The van der Waals surface area contributed by atoms with Gasteiger partial charge in [0.2, 0.25) is 0 Å². The number of carbonyl (C=O) groups is 1. The third-order valence-corrected chi connectivity index (χ3v) is 2.93. The van der Waals surface area contributed by atoms with Crippen LogP contribution in [0.2, 0.25) is 0 Å². The first kappa shape index (κ1) is 13.2. The van der Waals surface area contributed by atoms with Gasteiger partial charge >= 0.3 is 5.97 Å². The fraction of sp³-hybridized carbons (Fsp3) is 0.750. The highest BCUT2D eigenvalue weighted by Crippen LogP contribution is 2.22. The molecule has 0 radical (unpaired) electrons. The summed E-state index contributed by atoms with van der Waals surface area (Å²) < 4.78 is 5.17. The Bertz CT molecular complexity index is 255. The highest BCUT2D eigenvalue weighted by atomic mass is 16.5. The Morgan fingerprint density at radius 2 is 2.44 bits per heavy atom. The number of hydrogen-bond donors (Lipinski definition) is 1. The summed E-state index contributed by atoms with van der Waals surface area (Å²) in [6.07, 6.45) is 3.62. The second-order valence-corrected chi connectivity index (χ2v) is 4.31. The molecular weight excluding hydrogens is 204 g/mol. The maximum atomic E-state index is 12.0. The highest BCUT2D eigenvalue weighted by molar-refractivity contribution is 5.81. The van der Waals surface area contributed by atoms with Crippen molar-refractivity contribution >= 4 is 5.97 Å². The minimum atomic E-state index is -0.544. The van der Waals surface area contributed by atoms with E-state index in [1.165, 1.54) is 0 Å². The van der Waals surface area contributed by atoms with Crippen LogP contribution in [-0.4, -0.2) is 49.7 Å². The predicted molar refractivity (Wildman–Crippen MR) is 64.3 cm³/mol. The van der Waals surface area contributed by atoms with Crippen molar-refractivity contribution in [2.45, 2.75) is 25.3 Å². The van der Waals surface area contributed by atoms with Gasteiger partial charge in [-0.15, -0.1) is 6.58 Å². The third kappa shape index (κ3) is 3.06. The van der Waals surface area contributed by atoms with Crippen LogP contribution in [0.4, 0.5) is 0 Å². The molecule has 1 N–H and O–H groups in total. The van der Waals surface area contributed by atoms with E-state index in [1.54, 1.807) is 6.08 Å². The molecule has 4 nitrogen and oxygen atoms in total. The lowest BCUT2D eigenvalue weighted by Crippen LogP contribution is -2.61. The number of rotatable bonds is 5. The number of likely N-dealkylation sites (tertiary alicyclic amines) is 1. The fourth-order valence-electron chi connectivity index (χ4n) is 2.19. The Balaban J connectivity index is 2.73. The van der Waals surface area contributed by atoms with E-state index in [2.05, 4.69) is 16.8 Å². The van der Waals surface area contributed by atoms with Crippen molar-refractivity contribution in [1.82, 2.24) is 10.2 Å². The molecule has 0 aromatic heterocycles.